The average molecular weight is 195 g/mol. The van der Waals surface area contributed by atoms with Gasteiger partial charge in [0, 0.05) is 6.61 Å². The Bertz CT molecular complexity index is 88.6. The number of aliphatic hydroxyl groups is 1. The lowest BCUT2D eigenvalue weighted by Gasteiger charge is -2.06. The van der Waals surface area contributed by atoms with E-state index < -0.39 is 0 Å². The molecule has 2 nitrogen and oxygen atoms in total. The summed E-state index contributed by atoms with van der Waals surface area (Å²) in [6.45, 7) is 3.41. The van der Waals surface area contributed by atoms with Gasteiger partial charge in [-0.05, 0) is 6.42 Å². The summed E-state index contributed by atoms with van der Waals surface area (Å²) in [7, 11) is 0. The van der Waals surface area contributed by atoms with Crippen molar-refractivity contribution >= 4 is 11.6 Å². The van der Waals surface area contributed by atoms with Gasteiger partial charge in [-0.15, -0.1) is 11.6 Å². The standard InChI is InChI=1S/C9H19ClO2/c1-2-3-4-5-6-12-8-9(10)7-11/h9,11H,2-8H2,1H3. The number of alkyl halides is 1. The van der Waals surface area contributed by atoms with E-state index in [-0.39, 0.29) is 12.0 Å². The van der Waals surface area contributed by atoms with Crippen LogP contribution in [0, 0.1) is 0 Å². The molecule has 0 aromatic heterocycles. The van der Waals surface area contributed by atoms with E-state index in [9.17, 15) is 0 Å². The SMILES string of the molecule is CCCCCCOCC(Cl)CO. The molecule has 0 aromatic rings. The average Bonchev–Trinajstić information content (AvgIpc) is 2.10. The molecule has 1 unspecified atom stereocenters. The maximum Gasteiger partial charge on any atom is 0.0800 e. The van der Waals surface area contributed by atoms with Crippen molar-refractivity contribution in [2.24, 2.45) is 0 Å². The Morgan fingerprint density at radius 2 is 2.08 bits per heavy atom. The minimum atomic E-state index is -0.240. The minimum absolute atomic E-state index is 0.00346. The number of aliphatic hydroxyl groups excluding tert-OH is 1. The third-order valence-electron chi connectivity index (χ3n) is 1.64. The molecule has 1 atom stereocenters. The molecule has 3 heteroatoms. The van der Waals surface area contributed by atoms with Crippen LogP contribution < -0.4 is 0 Å². The van der Waals surface area contributed by atoms with E-state index in [1.54, 1.807) is 0 Å². The Labute approximate surface area is 79.9 Å². The van der Waals surface area contributed by atoms with Crippen LogP contribution in [0.2, 0.25) is 0 Å². The van der Waals surface area contributed by atoms with Gasteiger partial charge in [-0.25, -0.2) is 0 Å². The molecule has 0 aliphatic rings. The fourth-order valence-corrected chi connectivity index (χ4v) is 0.984. The molecule has 0 bridgehead atoms. The van der Waals surface area contributed by atoms with Gasteiger partial charge >= 0.3 is 0 Å². The molecule has 0 fully saturated rings. The maximum atomic E-state index is 8.56. The monoisotopic (exact) mass is 194 g/mol. The lowest BCUT2D eigenvalue weighted by atomic mass is 10.2. The normalized spacial score (nSPS) is 13.2. The van der Waals surface area contributed by atoms with Crippen molar-refractivity contribution < 1.29 is 9.84 Å². The number of hydrogen-bond acceptors (Lipinski definition) is 2. The largest absolute Gasteiger partial charge is 0.395 e. The van der Waals surface area contributed by atoms with Crippen molar-refractivity contribution in [3.63, 3.8) is 0 Å². The highest BCUT2D eigenvalue weighted by Crippen LogP contribution is 2.00. The van der Waals surface area contributed by atoms with Crippen molar-refractivity contribution in [3.05, 3.63) is 0 Å². The zero-order chi connectivity index (χ0) is 9.23. The minimum Gasteiger partial charge on any atom is -0.395 e. The van der Waals surface area contributed by atoms with Crippen LogP contribution in [0.4, 0.5) is 0 Å². The predicted molar refractivity (Wildman–Crippen MR) is 51.7 cm³/mol. The Morgan fingerprint density at radius 3 is 2.67 bits per heavy atom. The highest BCUT2D eigenvalue weighted by atomic mass is 35.5. The molecule has 0 saturated heterocycles. The predicted octanol–water partition coefficient (Wildman–Crippen LogP) is 2.18. The summed E-state index contributed by atoms with van der Waals surface area (Å²) in [6, 6.07) is 0. The summed E-state index contributed by atoms with van der Waals surface area (Å²) in [5.74, 6) is 0. The number of rotatable bonds is 8. The third kappa shape index (κ3) is 8.31. The van der Waals surface area contributed by atoms with Crippen molar-refractivity contribution in [1.29, 1.82) is 0 Å². The molecule has 1 N–H and O–H groups in total. The molecular weight excluding hydrogens is 176 g/mol. The molecule has 0 spiro atoms. The Hall–Kier alpha value is 0.210. The van der Waals surface area contributed by atoms with E-state index in [4.69, 9.17) is 21.4 Å². The second-order valence-electron chi connectivity index (χ2n) is 2.92. The van der Waals surface area contributed by atoms with E-state index in [0.29, 0.717) is 6.61 Å². The first-order chi connectivity index (χ1) is 5.81. The van der Waals surface area contributed by atoms with E-state index in [2.05, 4.69) is 6.92 Å². The van der Waals surface area contributed by atoms with Crippen LogP contribution in [0.25, 0.3) is 0 Å². The van der Waals surface area contributed by atoms with Gasteiger partial charge in [0.2, 0.25) is 0 Å². The summed E-state index contributed by atoms with van der Waals surface area (Å²) in [5.41, 5.74) is 0. The molecule has 0 rings (SSSR count). The fourth-order valence-electron chi connectivity index (χ4n) is 0.895. The quantitative estimate of drug-likeness (QED) is 0.474. The van der Waals surface area contributed by atoms with Crippen molar-refractivity contribution in [2.45, 2.75) is 38.0 Å². The third-order valence-corrected chi connectivity index (χ3v) is 1.90. The van der Waals surface area contributed by atoms with Crippen molar-refractivity contribution in [2.75, 3.05) is 19.8 Å². The summed E-state index contributed by atoms with van der Waals surface area (Å²) in [4.78, 5) is 0. The second-order valence-corrected chi connectivity index (χ2v) is 3.53. The van der Waals surface area contributed by atoms with Crippen LogP contribution in [0.1, 0.15) is 32.6 Å². The number of ether oxygens (including phenoxy) is 1. The number of hydrogen-bond donors (Lipinski definition) is 1. The van der Waals surface area contributed by atoms with Crippen LogP contribution in [-0.2, 0) is 4.74 Å². The molecule has 12 heavy (non-hydrogen) atoms. The molecule has 0 heterocycles. The molecule has 0 saturated carbocycles. The summed E-state index contributed by atoms with van der Waals surface area (Å²) >= 11 is 5.63. The van der Waals surface area contributed by atoms with Gasteiger partial charge in [0.1, 0.15) is 0 Å². The van der Waals surface area contributed by atoms with Gasteiger partial charge in [0.15, 0.2) is 0 Å². The Balaban J connectivity index is 2.90. The molecule has 0 radical (unpaired) electrons. The summed E-state index contributed by atoms with van der Waals surface area (Å²) < 4.78 is 5.24. The fraction of sp³-hybridized carbons (Fsp3) is 1.00. The molecule has 0 aromatic carbocycles. The molecule has 74 valence electrons. The van der Waals surface area contributed by atoms with Crippen LogP contribution in [-0.4, -0.2) is 30.3 Å². The lowest BCUT2D eigenvalue weighted by molar-refractivity contribution is 0.115. The Morgan fingerprint density at radius 1 is 1.33 bits per heavy atom. The van der Waals surface area contributed by atoms with E-state index in [1.165, 1.54) is 19.3 Å². The van der Waals surface area contributed by atoms with Crippen molar-refractivity contribution in [1.82, 2.24) is 0 Å². The smallest absolute Gasteiger partial charge is 0.0800 e. The van der Waals surface area contributed by atoms with Gasteiger partial charge < -0.3 is 9.84 Å². The zero-order valence-electron chi connectivity index (χ0n) is 7.76. The van der Waals surface area contributed by atoms with Crippen LogP contribution in [0.5, 0.6) is 0 Å². The first-order valence-electron chi connectivity index (χ1n) is 4.64. The summed E-state index contributed by atoms with van der Waals surface area (Å²) in [6.07, 6.45) is 4.84. The molecule has 0 aliphatic carbocycles. The van der Waals surface area contributed by atoms with Crippen molar-refractivity contribution in [3.8, 4) is 0 Å². The van der Waals surface area contributed by atoms with Gasteiger partial charge in [-0.3, -0.25) is 0 Å². The van der Waals surface area contributed by atoms with Crippen LogP contribution in [0.15, 0.2) is 0 Å². The first kappa shape index (κ1) is 12.2. The lowest BCUT2D eigenvalue weighted by Crippen LogP contribution is -2.13. The highest BCUT2D eigenvalue weighted by Gasteiger charge is 2.00. The van der Waals surface area contributed by atoms with Gasteiger partial charge in [-0.1, -0.05) is 26.2 Å². The molecule has 0 aliphatic heterocycles. The van der Waals surface area contributed by atoms with Gasteiger partial charge in [0.25, 0.3) is 0 Å². The number of unbranched alkanes of at least 4 members (excludes halogenated alkanes) is 3. The summed E-state index contributed by atoms with van der Waals surface area (Å²) in [5, 5.41) is 8.32. The van der Waals surface area contributed by atoms with Gasteiger partial charge in [-0.2, -0.15) is 0 Å². The topological polar surface area (TPSA) is 29.5 Å². The van der Waals surface area contributed by atoms with E-state index >= 15 is 0 Å². The van der Waals surface area contributed by atoms with E-state index in [0.717, 1.165) is 13.0 Å². The van der Waals surface area contributed by atoms with Crippen LogP contribution >= 0.6 is 11.6 Å². The highest BCUT2D eigenvalue weighted by molar-refractivity contribution is 6.20. The Kier molecular flexibility index (Phi) is 9.46. The number of halogens is 1. The van der Waals surface area contributed by atoms with Crippen LogP contribution in [0.3, 0.4) is 0 Å². The van der Waals surface area contributed by atoms with E-state index in [1.807, 2.05) is 0 Å². The first-order valence-corrected chi connectivity index (χ1v) is 5.07. The zero-order valence-corrected chi connectivity index (χ0v) is 8.52. The van der Waals surface area contributed by atoms with Gasteiger partial charge in [0.05, 0.1) is 18.6 Å². The second kappa shape index (κ2) is 9.30. The molecule has 0 amide bonds. The molecular formula is C9H19ClO2. The maximum absolute atomic E-state index is 8.56.